The molecule has 164 valence electrons. The predicted octanol–water partition coefficient (Wildman–Crippen LogP) is 4.57. The van der Waals surface area contributed by atoms with E-state index in [0.29, 0.717) is 24.1 Å². The molecule has 0 unspecified atom stereocenters. The number of carbonyl (C=O) groups excluding carboxylic acids is 1. The number of hydrogen-bond acceptors (Lipinski definition) is 4. The summed E-state index contributed by atoms with van der Waals surface area (Å²) < 4.78 is 12.2. The lowest BCUT2D eigenvalue weighted by Gasteiger charge is -2.39. The molecule has 2 aromatic rings. The van der Waals surface area contributed by atoms with Crippen molar-refractivity contribution in [2.45, 2.75) is 50.7 Å². The van der Waals surface area contributed by atoms with Crippen molar-refractivity contribution in [2.75, 3.05) is 33.0 Å². The van der Waals surface area contributed by atoms with Crippen LogP contribution in [0.3, 0.4) is 0 Å². The van der Waals surface area contributed by atoms with Crippen LogP contribution >= 0.6 is 0 Å². The van der Waals surface area contributed by atoms with E-state index in [1.165, 1.54) is 25.9 Å². The van der Waals surface area contributed by atoms with Gasteiger partial charge in [-0.1, -0.05) is 36.4 Å². The monoisotopic (exact) mass is 420 g/mol. The van der Waals surface area contributed by atoms with Crippen LogP contribution in [0.25, 0.3) is 11.1 Å². The zero-order valence-electron chi connectivity index (χ0n) is 18.2. The highest BCUT2D eigenvalue weighted by Crippen LogP contribution is 2.34. The highest BCUT2D eigenvalue weighted by molar-refractivity contribution is 5.98. The third-order valence-corrected chi connectivity index (χ3v) is 6.98. The van der Waals surface area contributed by atoms with Gasteiger partial charge in [-0.3, -0.25) is 4.79 Å². The molecule has 1 saturated heterocycles. The van der Waals surface area contributed by atoms with Crippen LogP contribution in [0.4, 0.5) is 0 Å². The average Bonchev–Trinajstić information content (AvgIpc) is 3.34. The molecule has 5 rings (SSSR count). The number of benzene rings is 2. The molecule has 3 aliphatic rings. The van der Waals surface area contributed by atoms with Crippen LogP contribution in [0.2, 0.25) is 0 Å². The third kappa shape index (κ3) is 4.63. The molecule has 2 fully saturated rings. The normalized spacial score (nSPS) is 24.1. The Kier molecular flexibility index (Phi) is 6.23. The lowest BCUT2D eigenvalue weighted by molar-refractivity contribution is -0.0108. The molecule has 0 atom stereocenters. The van der Waals surface area contributed by atoms with Gasteiger partial charge in [-0.25, -0.2) is 0 Å². The van der Waals surface area contributed by atoms with Gasteiger partial charge in [0.2, 0.25) is 0 Å². The van der Waals surface area contributed by atoms with Crippen molar-refractivity contribution in [2.24, 2.45) is 0 Å². The Labute approximate surface area is 184 Å². The number of likely N-dealkylation sites (tertiary alicyclic amines) is 1. The summed E-state index contributed by atoms with van der Waals surface area (Å²) in [5, 5.41) is 0. The Morgan fingerprint density at radius 3 is 2.48 bits per heavy atom. The van der Waals surface area contributed by atoms with Crippen molar-refractivity contribution < 1.29 is 14.3 Å². The maximum absolute atomic E-state index is 13.2. The van der Waals surface area contributed by atoms with Gasteiger partial charge in [-0.05, 0) is 74.9 Å². The molecule has 5 nitrogen and oxygen atoms in total. The fourth-order valence-electron chi connectivity index (χ4n) is 5.13. The quantitative estimate of drug-likeness (QED) is 0.687. The van der Waals surface area contributed by atoms with Gasteiger partial charge in [-0.15, -0.1) is 0 Å². The van der Waals surface area contributed by atoms with Crippen molar-refractivity contribution in [3.8, 4) is 16.9 Å². The summed E-state index contributed by atoms with van der Waals surface area (Å²) in [7, 11) is 0. The Balaban J connectivity index is 1.15. The van der Waals surface area contributed by atoms with E-state index >= 15 is 0 Å². The van der Waals surface area contributed by atoms with Gasteiger partial charge in [0.05, 0.1) is 18.3 Å². The molecule has 1 saturated carbocycles. The summed E-state index contributed by atoms with van der Waals surface area (Å²) >= 11 is 0. The Morgan fingerprint density at radius 1 is 0.935 bits per heavy atom. The van der Waals surface area contributed by atoms with Gasteiger partial charge in [-0.2, -0.15) is 0 Å². The molecule has 31 heavy (non-hydrogen) atoms. The molecule has 0 bridgehead atoms. The number of rotatable bonds is 6. The van der Waals surface area contributed by atoms with Gasteiger partial charge < -0.3 is 19.3 Å². The highest BCUT2D eigenvalue weighted by Gasteiger charge is 2.34. The van der Waals surface area contributed by atoms with Gasteiger partial charge in [0.1, 0.15) is 5.75 Å². The molecule has 2 aliphatic heterocycles. The van der Waals surface area contributed by atoms with E-state index < -0.39 is 0 Å². The SMILES string of the molecule is O=C1c2ccc(-c3ccccc3)cc2OCN1C1CCC(OCCN2CCCC2)CC1. The van der Waals surface area contributed by atoms with Gasteiger partial charge >= 0.3 is 0 Å². The van der Waals surface area contributed by atoms with E-state index in [2.05, 4.69) is 17.0 Å². The van der Waals surface area contributed by atoms with Gasteiger partial charge in [0.15, 0.2) is 6.73 Å². The van der Waals surface area contributed by atoms with E-state index in [4.69, 9.17) is 9.47 Å². The van der Waals surface area contributed by atoms with E-state index in [9.17, 15) is 4.79 Å². The van der Waals surface area contributed by atoms with Crippen molar-refractivity contribution in [3.63, 3.8) is 0 Å². The van der Waals surface area contributed by atoms with Crippen LogP contribution in [0.1, 0.15) is 48.9 Å². The molecule has 0 aromatic heterocycles. The summed E-state index contributed by atoms with van der Waals surface area (Å²) in [6.45, 7) is 4.68. The number of ether oxygens (including phenoxy) is 2. The molecule has 2 heterocycles. The topological polar surface area (TPSA) is 42.0 Å². The largest absolute Gasteiger partial charge is 0.472 e. The molecule has 0 spiro atoms. The van der Waals surface area contributed by atoms with Crippen LogP contribution in [-0.2, 0) is 4.74 Å². The molecule has 0 N–H and O–H groups in total. The van der Waals surface area contributed by atoms with Crippen LogP contribution in [-0.4, -0.2) is 60.8 Å². The summed E-state index contributed by atoms with van der Waals surface area (Å²) in [5.74, 6) is 0.792. The zero-order valence-corrected chi connectivity index (χ0v) is 18.2. The lowest BCUT2D eigenvalue weighted by atomic mass is 9.91. The van der Waals surface area contributed by atoms with Crippen LogP contribution < -0.4 is 4.74 Å². The molecule has 1 amide bonds. The van der Waals surface area contributed by atoms with Gasteiger partial charge in [0, 0.05) is 12.6 Å². The number of hydrogen-bond donors (Lipinski definition) is 0. The first kappa shape index (κ1) is 20.5. The second-order valence-corrected chi connectivity index (χ2v) is 8.98. The number of carbonyl (C=O) groups is 1. The molecule has 2 aromatic carbocycles. The first-order valence-electron chi connectivity index (χ1n) is 11.7. The van der Waals surface area contributed by atoms with Crippen molar-refractivity contribution in [1.29, 1.82) is 0 Å². The van der Waals surface area contributed by atoms with Crippen LogP contribution in [0, 0.1) is 0 Å². The fourth-order valence-corrected chi connectivity index (χ4v) is 5.13. The molecular formula is C26H32N2O3. The number of nitrogens with zero attached hydrogens (tertiary/aromatic N) is 2. The fraction of sp³-hybridized carbons (Fsp3) is 0.500. The van der Waals surface area contributed by atoms with E-state index in [-0.39, 0.29) is 11.9 Å². The summed E-state index contributed by atoms with van der Waals surface area (Å²) in [4.78, 5) is 17.6. The van der Waals surface area contributed by atoms with Crippen LogP contribution in [0.15, 0.2) is 48.5 Å². The second kappa shape index (κ2) is 9.41. The highest BCUT2D eigenvalue weighted by atomic mass is 16.5. The third-order valence-electron chi connectivity index (χ3n) is 6.98. The standard InChI is InChI=1S/C26H32N2O3/c29-26-24-13-8-21(20-6-2-1-3-7-20)18-25(24)31-19-28(26)22-9-11-23(12-10-22)30-17-16-27-14-4-5-15-27/h1-3,6-8,13,18,22-23H,4-5,9-12,14-17,19H2. The van der Waals surface area contributed by atoms with Crippen molar-refractivity contribution in [3.05, 3.63) is 54.1 Å². The average molecular weight is 421 g/mol. The van der Waals surface area contributed by atoms with Crippen LogP contribution in [0.5, 0.6) is 5.75 Å². The van der Waals surface area contributed by atoms with Gasteiger partial charge in [0.25, 0.3) is 5.91 Å². The molecule has 1 aliphatic carbocycles. The Bertz CT molecular complexity index is 887. The van der Waals surface area contributed by atoms with Crippen molar-refractivity contribution in [1.82, 2.24) is 9.80 Å². The lowest BCUT2D eigenvalue weighted by Crippen LogP contribution is -2.47. The predicted molar refractivity (Wildman–Crippen MR) is 121 cm³/mol. The van der Waals surface area contributed by atoms with E-state index in [1.807, 2.05) is 41.3 Å². The maximum Gasteiger partial charge on any atom is 0.260 e. The first-order chi connectivity index (χ1) is 15.3. The first-order valence-corrected chi connectivity index (χ1v) is 11.7. The molecular weight excluding hydrogens is 388 g/mol. The molecule has 5 heteroatoms. The Morgan fingerprint density at radius 2 is 1.71 bits per heavy atom. The second-order valence-electron chi connectivity index (χ2n) is 8.98. The summed E-state index contributed by atoms with van der Waals surface area (Å²) in [5.41, 5.74) is 2.88. The maximum atomic E-state index is 13.2. The summed E-state index contributed by atoms with van der Waals surface area (Å²) in [6.07, 6.45) is 7.01. The minimum absolute atomic E-state index is 0.0965. The summed E-state index contributed by atoms with van der Waals surface area (Å²) in [6, 6.07) is 16.4. The van der Waals surface area contributed by atoms with Crippen molar-refractivity contribution >= 4 is 5.91 Å². The Hall–Kier alpha value is -2.37. The number of amides is 1. The zero-order chi connectivity index (χ0) is 21.0. The molecule has 0 radical (unpaired) electrons. The number of fused-ring (bicyclic) bond motifs is 1. The minimum atomic E-state index is 0.0965. The van der Waals surface area contributed by atoms with E-state index in [1.54, 1.807) is 0 Å². The smallest absolute Gasteiger partial charge is 0.260 e. The van der Waals surface area contributed by atoms with E-state index in [0.717, 1.165) is 50.0 Å². The minimum Gasteiger partial charge on any atom is -0.472 e.